The zero-order valence-corrected chi connectivity index (χ0v) is 17.7. The van der Waals surface area contributed by atoms with Crippen LogP contribution in [0, 0.1) is 21.4 Å². The van der Waals surface area contributed by atoms with Gasteiger partial charge in [-0.05, 0) is 48.0 Å². The average molecular weight is 485 g/mol. The first-order valence-electron chi connectivity index (χ1n) is 9.55. The number of nitriles is 1. The van der Waals surface area contributed by atoms with Gasteiger partial charge in [-0.15, -0.1) is 0 Å². The van der Waals surface area contributed by atoms with Crippen LogP contribution in [0.1, 0.15) is 17.0 Å². The van der Waals surface area contributed by atoms with Gasteiger partial charge < -0.3 is 9.72 Å². The number of aromatic amines is 1. The molecule has 7 nitrogen and oxygen atoms in total. The number of imidazole rings is 1. The fourth-order valence-corrected chi connectivity index (χ4v) is 3.36. The largest absolute Gasteiger partial charge is 0.449 e. The standard InChI is InChI=1S/C23H12ClF3N4O3/c24-16-10-13(9-14(12-28)22-29-17-3-1-2-4-18(17)30-22)5-7-20(16)34-21-8-6-15(23(25,26)27)11-19(21)31(32)33/h1-11H,(H,29,30)/b14-9-. The summed E-state index contributed by atoms with van der Waals surface area (Å²) in [6.07, 6.45) is -3.21. The van der Waals surface area contributed by atoms with Crippen LogP contribution in [0.3, 0.4) is 0 Å². The Morgan fingerprint density at radius 3 is 2.53 bits per heavy atom. The Morgan fingerprint density at radius 1 is 1.15 bits per heavy atom. The van der Waals surface area contributed by atoms with Crippen LogP contribution in [0.15, 0.2) is 60.7 Å². The van der Waals surface area contributed by atoms with Crippen molar-refractivity contribution in [3.05, 3.63) is 92.8 Å². The number of nitro benzene ring substituents is 1. The van der Waals surface area contributed by atoms with Crippen LogP contribution < -0.4 is 4.74 Å². The number of aromatic nitrogens is 2. The molecule has 0 amide bonds. The lowest BCUT2D eigenvalue weighted by Gasteiger charge is -2.11. The average Bonchev–Trinajstić information content (AvgIpc) is 3.22. The molecule has 3 aromatic carbocycles. The Hall–Kier alpha value is -4.36. The van der Waals surface area contributed by atoms with Gasteiger partial charge in [0, 0.05) is 6.07 Å². The molecular weight excluding hydrogens is 473 g/mol. The summed E-state index contributed by atoms with van der Waals surface area (Å²) in [4.78, 5) is 17.7. The van der Waals surface area contributed by atoms with E-state index in [0.717, 1.165) is 11.6 Å². The summed E-state index contributed by atoms with van der Waals surface area (Å²) in [6, 6.07) is 15.7. The lowest BCUT2D eigenvalue weighted by Crippen LogP contribution is -2.06. The van der Waals surface area contributed by atoms with Crippen molar-refractivity contribution in [1.29, 1.82) is 5.26 Å². The number of nitrogens with zero attached hydrogens (tertiary/aromatic N) is 3. The minimum atomic E-state index is -4.74. The molecule has 34 heavy (non-hydrogen) atoms. The molecule has 0 aliphatic rings. The second-order valence-corrected chi connectivity index (χ2v) is 7.41. The van der Waals surface area contributed by atoms with E-state index < -0.39 is 28.1 Å². The highest BCUT2D eigenvalue weighted by atomic mass is 35.5. The number of nitrogens with one attached hydrogen (secondary N) is 1. The predicted octanol–water partition coefficient (Wildman–Crippen LogP) is 7.00. The van der Waals surface area contributed by atoms with Gasteiger partial charge in [0.05, 0.1) is 32.1 Å². The third kappa shape index (κ3) is 4.69. The Morgan fingerprint density at radius 2 is 1.88 bits per heavy atom. The lowest BCUT2D eigenvalue weighted by molar-refractivity contribution is -0.385. The molecule has 0 aliphatic heterocycles. The van der Waals surface area contributed by atoms with Gasteiger partial charge in [0.15, 0.2) is 0 Å². The maximum Gasteiger partial charge on any atom is 0.416 e. The van der Waals surface area contributed by atoms with E-state index >= 15 is 0 Å². The van der Waals surface area contributed by atoms with Gasteiger partial charge in [-0.1, -0.05) is 29.8 Å². The summed E-state index contributed by atoms with van der Waals surface area (Å²) in [6.45, 7) is 0. The molecule has 0 saturated carbocycles. The molecule has 0 aliphatic carbocycles. The SMILES string of the molecule is N#C/C(=C/c1ccc(Oc2ccc(C(F)(F)F)cc2[N+](=O)[O-])c(Cl)c1)c1nc2ccccc2[nH]1. The summed E-state index contributed by atoms with van der Waals surface area (Å²) < 4.78 is 44.1. The summed E-state index contributed by atoms with van der Waals surface area (Å²) in [5.74, 6) is -0.0485. The summed E-state index contributed by atoms with van der Waals surface area (Å²) in [5.41, 5.74) is 0.173. The van der Waals surface area contributed by atoms with E-state index in [9.17, 15) is 28.5 Å². The van der Waals surface area contributed by atoms with E-state index in [1.165, 1.54) is 24.3 Å². The van der Waals surface area contributed by atoms with Crippen molar-refractivity contribution in [2.45, 2.75) is 6.18 Å². The highest BCUT2D eigenvalue weighted by Gasteiger charge is 2.33. The smallest absolute Gasteiger partial charge is 0.416 e. The number of hydrogen-bond donors (Lipinski definition) is 1. The first-order valence-corrected chi connectivity index (χ1v) is 9.93. The molecule has 0 unspecified atom stereocenters. The molecule has 4 rings (SSSR count). The molecule has 170 valence electrons. The van der Waals surface area contributed by atoms with Gasteiger partial charge in [-0.25, -0.2) is 4.98 Å². The van der Waals surface area contributed by atoms with E-state index in [-0.39, 0.29) is 16.3 Å². The van der Waals surface area contributed by atoms with Crippen LogP contribution in [-0.2, 0) is 6.18 Å². The molecule has 0 bridgehead atoms. The van der Waals surface area contributed by atoms with Crippen LogP contribution in [0.5, 0.6) is 11.5 Å². The number of fused-ring (bicyclic) bond motifs is 1. The lowest BCUT2D eigenvalue weighted by atomic mass is 10.1. The number of ether oxygens (including phenoxy) is 1. The van der Waals surface area contributed by atoms with Gasteiger partial charge in [0.25, 0.3) is 0 Å². The van der Waals surface area contributed by atoms with Crippen LogP contribution in [-0.4, -0.2) is 14.9 Å². The van der Waals surface area contributed by atoms with Crippen molar-refractivity contribution < 1.29 is 22.8 Å². The third-order valence-corrected chi connectivity index (χ3v) is 5.03. The number of alkyl halides is 3. The van der Waals surface area contributed by atoms with E-state index in [1.54, 1.807) is 6.07 Å². The van der Waals surface area contributed by atoms with Gasteiger partial charge in [0.1, 0.15) is 17.6 Å². The second-order valence-electron chi connectivity index (χ2n) is 7.00. The summed E-state index contributed by atoms with van der Waals surface area (Å²) >= 11 is 6.24. The van der Waals surface area contributed by atoms with Gasteiger partial charge in [-0.2, -0.15) is 18.4 Å². The molecular formula is C23H12ClF3N4O3. The van der Waals surface area contributed by atoms with E-state index in [0.29, 0.717) is 29.0 Å². The van der Waals surface area contributed by atoms with Gasteiger partial charge in [-0.3, -0.25) is 10.1 Å². The van der Waals surface area contributed by atoms with Crippen molar-refractivity contribution >= 4 is 40.0 Å². The minimum absolute atomic E-state index is 0.0103. The van der Waals surface area contributed by atoms with Crippen LogP contribution in [0.4, 0.5) is 18.9 Å². The molecule has 0 atom stereocenters. The zero-order valence-electron chi connectivity index (χ0n) is 16.9. The summed E-state index contributed by atoms with van der Waals surface area (Å²) in [7, 11) is 0. The number of H-pyrrole nitrogens is 1. The Bertz CT molecular complexity index is 1460. The fourth-order valence-electron chi connectivity index (χ4n) is 3.13. The van der Waals surface area contributed by atoms with E-state index in [2.05, 4.69) is 16.0 Å². The Kier molecular flexibility index (Phi) is 5.96. The number of benzene rings is 3. The normalized spacial score (nSPS) is 11.9. The molecule has 0 fully saturated rings. The minimum Gasteiger partial charge on any atom is -0.449 e. The van der Waals surface area contributed by atoms with Gasteiger partial charge in [0.2, 0.25) is 5.75 Å². The molecule has 0 radical (unpaired) electrons. The monoisotopic (exact) mass is 484 g/mol. The molecule has 11 heteroatoms. The third-order valence-electron chi connectivity index (χ3n) is 4.73. The highest BCUT2D eigenvalue weighted by Crippen LogP contribution is 2.39. The molecule has 1 heterocycles. The Balaban J connectivity index is 1.64. The Labute approximate surface area is 194 Å². The van der Waals surface area contributed by atoms with Crippen molar-refractivity contribution in [1.82, 2.24) is 9.97 Å². The molecule has 1 aromatic heterocycles. The molecule has 4 aromatic rings. The first-order chi connectivity index (χ1) is 16.2. The first kappa shape index (κ1) is 22.8. The zero-order chi connectivity index (χ0) is 24.5. The van der Waals surface area contributed by atoms with Crippen molar-refractivity contribution in [3.63, 3.8) is 0 Å². The number of halogens is 4. The van der Waals surface area contributed by atoms with Crippen molar-refractivity contribution in [2.24, 2.45) is 0 Å². The number of nitro groups is 1. The second kappa shape index (κ2) is 8.88. The van der Waals surface area contributed by atoms with Gasteiger partial charge >= 0.3 is 11.9 Å². The van der Waals surface area contributed by atoms with Crippen molar-refractivity contribution in [2.75, 3.05) is 0 Å². The maximum atomic E-state index is 12.9. The van der Waals surface area contributed by atoms with Crippen LogP contribution in [0.25, 0.3) is 22.7 Å². The number of para-hydroxylation sites is 2. The summed E-state index contributed by atoms with van der Waals surface area (Å²) in [5, 5.41) is 20.9. The number of rotatable bonds is 5. The van der Waals surface area contributed by atoms with E-state index in [4.69, 9.17) is 16.3 Å². The maximum absolute atomic E-state index is 12.9. The predicted molar refractivity (Wildman–Crippen MR) is 119 cm³/mol. The van der Waals surface area contributed by atoms with Crippen LogP contribution in [0.2, 0.25) is 5.02 Å². The van der Waals surface area contributed by atoms with Crippen molar-refractivity contribution in [3.8, 4) is 17.6 Å². The fraction of sp³-hybridized carbons (Fsp3) is 0.0435. The molecule has 0 spiro atoms. The highest BCUT2D eigenvalue weighted by molar-refractivity contribution is 6.32. The number of allylic oxidation sites excluding steroid dienone is 1. The van der Waals surface area contributed by atoms with Crippen LogP contribution >= 0.6 is 11.6 Å². The molecule has 0 saturated heterocycles. The topological polar surface area (TPSA) is 105 Å². The molecule has 1 N–H and O–H groups in total. The quantitative estimate of drug-likeness (QED) is 0.186. The van der Waals surface area contributed by atoms with E-state index in [1.807, 2.05) is 18.2 Å². The number of hydrogen-bond acceptors (Lipinski definition) is 5.